The maximum absolute atomic E-state index is 14.9. The van der Waals surface area contributed by atoms with Crippen molar-refractivity contribution < 1.29 is 32.3 Å². The second-order valence-electron chi connectivity index (χ2n) is 16.2. The molecule has 0 unspecified atom stereocenters. The number of fused-ring (bicyclic) bond motifs is 3. The normalized spacial score (nSPS) is 26.1. The number of ether oxygens (including phenoxy) is 2. The van der Waals surface area contributed by atoms with E-state index in [1.54, 1.807) is 18.2 Å². The van der Waals surface area contributed by atoms with Crippen molar-refractivity contribution in [1.82, 2.24) is 19.6 Å². The smallest absolute Gasteiger partial charge is 0.240 e. The van der Waals surface area contributed by atoms with E-state index in [0.29, 0.717) is 49.4 Å². The fourth-order valence-corrected chi connectivity index (χ4v) is 10.1. The summed E-state index contributed by atoms with van der Waals surface area (Å²) >= 11 is 0. The molecular formula is C45H50N4O7S. The molecule has 2 aromatic heterocycles. The lowest BCUT2D eigenvalue weighted by molar-refractivity contribution is -0.142. The van der Waals surface area contributed by atoms with Crippen molar-refractivity contribution in [2.75, 3.05) is 13.7 Å². The molecule has 4 aromatic rings. The van der Waals surface area contributed by atoms with Crippen LogP contribution in [0.5, 0.6) is 11.6 Å². The molecule has 11 nitrogen and oxygen atoms in total. The second kappa shape index (κ2) is 16.0. The predicted molar refractivity (Wildman–Crippen MR) is 217 cm³/mol. The van der Waals surface area contributed by atoms with Gasteiger partial charge in [0.2, 0.25) is 27.7 Å². The molecule has 2 saturated carbocycles. The van der Waals surface area contributed by atoms with Crippen LogP contribution in [0.25, 0.3) is 22.2 Å². The largest absolute Gasteiger partial charge is 0.496 e. The summed E-state index contributed by atoms with van der Waals surface area (Å²) in [6.07, 6.45) is 11.3. The van der Waals surface area contributed by atoms with Gasteiger partial charge in [-0.25, -0.2) is 13.4 Å². The first-order valence-electron chi connectivity index (χ1n) is 20.2. The number of carbonyl (C=O) groups excluding carboxylic acids is 3. The summed E-state index contributed by atoms with van der Waals surface area (Å²) in [6.45, 7) is 2.14. The second-order valence-corrected chi connectivity index (χ2v) is 18.2. The molecule has 4 heterocycles. The number of amides is 2. The van der Waals surface area contributed by atoms with Gasteiger partial charge in [0.25, 0.3) is 0 Å². The van der Waals surface area contributed by atoms with Gasteiger partial charge in [0.05, 0.1) is 41.7 Å². The molecule has 0 bridgehead atoms. The number of rotatable bonds is 9. The van der Waals surface area contributed by atoms with E-state index < -0.39 is 38.7 Å². The van der Waals surface area contributed by atoms with Gasteiger partial charge in [-0.3, -0.25) is 24.1 Å². The van der Waals surface area contributed by atoms with Gasteiger partial charge in [-0.05, 0) is 105 Å². The van der Waals surface area contributed by atoms with Gasteiger partial charge in [-0.2, -0.15) is 0 Å². The summed E-state index contributed by atoms with van der Waals surface area (Å²) in [5.41, 5.74) is 2.04. The molecule has 5 atom stereocenters. The molecule has 0 radical (unpaired) electrons. The van der Waals surface area contributed by atoms with Crippen molar-refractivity contribution in [3.8, 4) is 23.0 Å². The van der Waals surface area contributed by atoms with Crippen LogP contribution in [0.4, 0.5) is 0 Å². The number of aromatic nitrogens is 2. The minimum Gasteiger partial charge on any atom is -0.496 e. The number of Topliss-reactive ketones (excluding diaryl/α,β-unsaturated/α-hetero) is 1. The van der Waals surface area contributed by atoms with Gasteiger partial charge in [-0.15, -0.1) is 0 Å². The van der Waals surface area contributed by atoms with Crippen LogP contribution in [0.15, 0.2) is 85.1 Å². The van der Waals surface area contributed by atoms with Crippen LogP contribution in [0.1, 0.15) is 75.3 Å². The van der Waals surface area contributed by atoms with E-state index >= 15 is 0 Å². The summed E-state index contributed by atoms with van der Waals surface area (Å²) in [7, 11) is -2.20. The lowest BCUT2D eigenvalue weighted by atomic mass is 9.90. The van der Waals surface area contributed by atoms with Crippen LogP contribution < -0.4 is 14.2 Å². The first kappa shape index (κ1) is 38.8. The number of sulfonamides is 1. The molecule has 57 heavy (non-hydrogen) atoms. The highest BCUT2D eigenvalue weighted by Crippen LogP contribution is 2.57. The first-order chi connectivity index (χ1) is 27.6. The minimum absolute atomic E-state index is 0.112. The standard InChI is InChI=1S/C45H50N4O7S/c1-29-36-25-38(37-17-11-12-22-46-37)47-42(35(36)20-21-41(29)55-2)56-33-24-39-40(50)27-45(44(52)48-57(53,54)34-18-19-34)26-32(45)16-10-5-3-4-9-15-31(43(51)49(39)28-33)23-30-13-7-6-8-14-30/h6-8,10-14,16-17,20-22,25,31-34,39H,3-5,9,15,18-19,23-24,26-28H2,1-2H3,(H,48,52)/b16-10-/t31-,32+,33-,39+,45-/m1/s1. The Morgan fingerprint density at radius 3 is 2.53 bits per heavy atom. The molecule has 2 aliphatic heterocycles. The molecule has 0 spiro atoms. The molecule has 12 heteroatoms. The molecule has 1 N–H and O–H groups in total. The van der Waals surface area contributed by atoms with Crippen molar-refractivity contribution in [2.24, 2.45) is 17.3 Å². The average molecular weight is 791 g/mol. The summed E-state index contributed by atoms with van der Waals surface area (Å²) in [4.78, 5) is 54.7. The summed E-state index contributed by atoms with van der Waals surface area (Å²) in [5.74, 6) is -0.554. The third kappa shape index (κ3) is 8.19. The van der Waals surface area contributed by atoms with Gasteiger partial charge in [0.15, 0.2) is 5.78 Å². The Labute approximate surface area is 334 Å². The van der Waals surface area contributed by atoms with Crippen LogP contribution in [0.2, 0.25) is 0 Å². The summed E-state index contributed by atoms with van der Waals surface area (Å²) < 4.78 is 40.7. The van der Waals surface area contributed by atoms with E-state index in [1.807, 2.05) is 79.7 Å². The maximum Gasteiger partial charge on any atom is 0.240 e. The summed E-state index contributed by atoms with van der Waals surface area (Å²) in [5, 5.41) is 1.07. The minimum atomic E-state index is -3.83. The molecule has 2 aliphatic carbocycles. The van der Waals surface area contributed by atoms with Crippen molar-refractivity contribution in [3.63, 3.8) is 0 Å². The van der Waals surface area contributed by atoms with Crippen molar-refractivity contribution in [1.29, 1.82) is 0 Å². The number of hydrogen-bond acceptors (Lipinski definition) is 9. The number of nitrogens with one attached hydrogen (secondary N) is 1. The highest BCUT2D eigenvalue weighted by Gasteiger charge is 2.61. The highest BCUT2D eigenvalue weighted by molar-refractivity contribution is 7.90. The van der Waals surface area contributed by atoms with E-state index in [1.165, 1.54) is 0 Å². The Morgan fingerprint density at radius 2 is 1.77 bits per heavy atom. The number of methoxy groups -OCH3 is 1. The lowest BCUT2D eigenvalue weighted by Crippen LogP contribution is -2.46. The Kier molecular flexibility index (Phi) is 10.9. The van der Waals surface area contributed by atoms with Crippen LogP contribution in [0, 0.1) is 24.2 Å². The number of aryl methyl sites for hydroxylation is 1. The Morgan fingerprint density at radius 1 is 0.965 bits per heavy atom. The van der Waals surface area contributed by atoms with E-state index in [9.17, 15) is 22.8 Å². The fourth-order valence-electron chi connectivity index (χ4n) is 8.75. The van der Waals surface area contributed by atoms with Crippen LogP contribution in [-0.2, 0) is 30.8 Å². The average Bonchev–Trinajstić information content (AvgIpc) is 4.14. The van der Waals surface area contributed by atoms with E-state index in [0.717, 1.165) is 53.3 Å². The number of pyridine rings is 2. The van der Waals surface area contributed by atoms with E-state index in [-0.39, 0.29) is 42.9 Å². The van der Waals surface area contributed by atoms with Crippen LogP contribution in [0.3, 0.4) is 0 Å². The van der Waals surface area contributed by atoms with Gasteiger partial charge in [0, 0.05) is 30.3 Å². The van der Waals surface area contributed by atoms with Gasteiger partial charge in [-0.1, -0.05) is 61.4 Å². The number of ketones is 1. The molecule has 1 saturated heterocycles. The number of hydrogen-bond donors (Lipinski definition) is 1. The lowest BCUT2D eigenvalue weighted by Gasteiger charge is -2.29. The number of allylic oxidation sites excluding steroid dienone is 2. The molecule has 8 rings (SSSR count). The van der Waals surface area contributed by atoms with Crippen molar-refractivity contribution in [3.05, 3.63) is 96.2 Å². The molecule has 4 aliphatic rings. The molecule has 2 aromatic carbocycles. The van der Waals surface area contributed by atoms with Crippen LogP contribution in [-0.4, -0.2) is 71.9 Å². The molecule has 298 valence electrons. The zero-order valence-corrected chi connectivity index (χ0v) is 33.4. The monoisotopic (exact) mass is 790 g/mol. The molecule has 3 fully saturated rings. The van der Waals surface area contributed by atoms with Crippen molar-refractivity contribution >= 4 is 38.4 Å². The Bertz CT molecular complexity index is 2300. The third-order valence-electron chi connectivity index (χ3n) is 12.3. The van der Waals surface area contributed by atoms with Gasteiger partial charge in [0.1, 0.15) is 11.9 Å². The molecular weight excluding hydrogens is 741 g/mol. The fraction of sp³-hybridized carbons (Fsp3) is 0.444. The van der Waals surface area contributed by atoms with E-state index in [4.69, 9.17) is 14.5 Å². The number of nitrogens with zero attached hydrogens (tertiary/aromatic N) is 3. The highest BCUT2D eigenvalue weighted by atomic mass is 32.2. The topological polar surface area (TPSA) is 145 Å². The molecule has 2 amide bonds. The maximum atomic E-state index is 14.9. The quantitative estimate of drug-likeness (QED) is 0.179. The van der Waals surface area contributed by atoms with Gasteiger partial charge < -0.3 is 14.4 Å². The Balaban J connectivity index is 1.15. The van der Waals surface area contributed by atoms with E-state index in [2.05, 4.69) is 15.8 Å². The van der Waals surface area contributed by atoms with Crippen LogP contribution >= 0.6 is 0 Å². The van der Waals surface area contributed by atoms with Gasteiger partial charge >= 0.3 is 0 Å². The Hall–Kier alpha value is -5.10. The zero-order valence-electron chi connectivity index (χ0n) is 32.6. The number of carbonyl (C=O) groups is 3. The zero-order chi connectivity index (χ0) is 39.7. The number of benzene rings is 2. The first-order valence-corrected chi connectivity index (χ1v) is 21.8. The summed E-state index contributed by atoms with van der Waals surface area (Å²) in [6, 6.07) is 20.5. The predicted octanol–water partition coefficient (Wildman–Crippen LogP) is 6.92. The third-order valence-corrected chi connectivity index (χ3v) is 14.1. The SMILES string of the molecule is COc1ccc2c(O[C@@H]3C[C@H]4C(=O)C[C@]5(C(=O)NS(=O)(=O)C6CC6)C[C@@H]5/C=C\CCCCC[C@H](Cc5ccccc5)C(=O)N4C3)nc(-c3ccccn3)cc2c1C. The van der Waals surface area contributed by atoms with Crippen molar-refractivity contribution in [2.45, 2.75) is 94.9 Å².